The molecular weight excluding hydrogens is 342 g/mol. The molecule has 2 N–H and O–H groups in total. The number of hydrogen-bond acceptors (Lipinski definition) is 4. The van der Waals surface area contributed by atoms with Gasteiger partial charge in [-0.3, -0.25) is 14.5 Å². The van der Waals surface area contributed by atoms with Crippen LogP contribution < -0.4 is 5.32 Å². The van der Waals surface area contributed by atoms with E-state index in [9.17, 15) is 9.59 Å². The Labute approximate surface area is 161 Å². The van der Waals surface area contributed by atoms with Crippen LogP contribution in [-0.4, -0.2) is 66.1 Å². The Morgan fingerprint density at radius 1 is 1.11 bits per heavy atom. The van der Waals surface area contributed by atoms with Gasteiger partial charge in [0, 0.05) is 32.7 Å². The van der Waals surface area contributed by atoms with E-state index in [0.29, 0.717) is 32.7 Å². The van der Waals surface area contributed by atoms with Crippen molar-refractivity contribution in [1.29, 1.82) is 0 Å². The topological polar surface area (TPSA) is 72.9 Å². The molecule has 148 valence electrons. The second kappa shape index (κ2) is 9.33. The Bertz CT molecular complexity index is 669. The third-order valence-electron chi connectivity index (χ3n) is 5.76. The Morgan fingerprint density at radius 2 is 1.81 bits per heavy atom. The van der Waals surface area contributed by atoms with Crippen LogP contribution in [0.4, 0.5) is 0 Å². The molecule has 1 saturated heterocycles. The van der Waals surface area contributed by atoms with Crippen molar-refractivity contribution in [2.45, 2.75) is 45.1 Å². The van der Waals surface area contributed by atoms with Crippen LogP contribution in [0.2, 0.25) is 0 Å². The minimum Gasteiger partial charge on any atom is -0.395 e. The fourth-order valence-electron chi connectivity index (χ4n) is 4.07. The number of nitrogens with zero attached hydrogens (tertiary/aromatic N) is 2. The largest absolute Gasteiger partial charge is 0.395 e. The standard InChI is InChI=1S/C21H31N3O3/c1-2-19(18-8-7-16-5-3-4-6-17(16)15-18)22-20(26)21(27)24-11-9-23(10-12-24)13-14-25/h7-8,15,19,25H,2-6,9-14H2,1H3,(H,22,26). The summed E-state index contributed by atoms with van der Waals surface area (Å²) < 4.78 is 0. The fourth-order valence-corrected chi connectivity index (χ4v) is 4.07. The van der Waals surface area contributed by atoms with Crippen LogP contribution in [0.1, 0.15) is 48.9 Å². The molecule has 1 aromatic rings. The van der Waals surface area contributed by atoms with E-state index in [1.807, 2.05) is 6.92 Å². The van der Waals surface area contributed by atoms with Gasteiger partial charge in [0.05, 0.1) is 12.6 Å². The first-order chi connectivity index (χ1) is 13.1. The molecule has 0 aromatic heterocycles. The first-order valence-electron chi connectivity index (χ1n) is 10.2. The number of amides is 2. The average molecular weight is 373 g/mol. The van der Waals surface area contributed by atoms with Crippen molar-refractivity contribution in [3.8, 4) is 0 Å². The summed E-state index contributed by atoms with van der Waals surface area (Å²) >= 11 is 0. The van der Waals surface area contributed by atoms with Crippen LogP contribution in [0.15, 0.2) is 18.2 Å². The van der Waals surface area contributed by atoms with Gasteiger partial charge in [0.2, 0.25) is 0 Å². The van der Waals surface area contributed by atoms with Gasteiger partial charge in [0.15, 0.2) is 0 Å². The van der Waals surface area contributed by atoms with Gasteiger partial charge in [-0.2, -0.15) is 0 Å². The maximum Gasteiger partial charge on any atom is 0.311 e. The number of nitrogens with one attached hydrogen (secondary N) is 1. The molecule has 6 nitrogen and oxygen atoms in total. The summed E-state index contributed by atoms with van der Waals surface area (Å²) in [6, 6.07) is 6.35. The summed E-state index contributed by atoms with van der Waals surface area (Å²) in [5, 5.41) is 11.9. The van der Waals surface area contributed by atoms with Crippen molar-refractivity contribution in [2.75, 3.05) is 39.3 Å². The molecule has 1 atom stereocenters. The normalized spacial score (nSPS) is 18.7. The highest BCUT2D eigenvalue weighted by Crippen LogP contribution is 2.26. The fraction of sp³-hybridized carbons (Fsp3) is 0.619. The van der Waals surface area contributed by atoms with Crippen LogP contribution in [0.5, 0.6) is 0 Å². The predicted molar refractivity (Wildman–Crippen MR) is 104 cm³/mol. The summed E-state index contributed by atoms with van der Waals surface area (Å²) in [6.45, 7) is 5.22. The number of piperazine rings is 1. The highest BCUT2D eigenvalue weighted by atomic mass is 16.3. The van der Waals surface area contributed by atoms with Gasteiger partial charge in [-0.25, -0.2) is 0 Å². The van der Waals surface area contributed by atoms with E-state index in [4.69, 9.17) is 5.11 Å². The van der Waals surface area contributed by atoms with E-state index < -0.39 is 11.8 Å². The number of aryl methyl sites for hydroxylation is 2. The molecular formula is C21H31N3O3. The molecule has 0 radical (unpaired) electrons. The summed E-state index contributed by atoms with van der Waals surface area (Å²) in [7, 11) is 0. The monoisotopic (exact) mass is 373 g/mol. The van der Waals surface area contributed by atoms with Gasteiger partial charge in [-0.15, -0.1) is 0 Å². The number of hydrogen-bond donors (Lipinski definition) is 2. The molecule has 1 unspecified atom stereocenters. The van der Waals surface area contributed by atoms with Crippen molar-refractivity contribution in [1.82, 2.24) is 15.1 Å². The van der Waals surface area contributed by atoms with Crippen LogP contribution in [-0.2, 0) is 22.4 Å². The molecule has 27 heavy (non-hydrogen) atoms. The average Bonchev–Trinajstić information content (AvgIpc) is 2.71. The van der Waals surface area contributed by atoms with Crippen molar-refractivity contribution in [3.05, 3.63) is 34.9 Å². The van der Waals surface area contributed by atoms with Gasteiger partial charge < -0.3 is 15.3 Å². The van der Waals surface area contributed by atoms with Gasteiger partial charge in [0.25, 0.3) is 0 Å². The Balaban J connectivity index is 1.59. The number of carbonyl (C=O) groups excluding carboxylic acids is 2. The predicted octanol–water partition coefficient (Wildman–Crippen LogP) is 1.27. The number of β-amino-alcohol motifs (C(OH)–C–C–N with tert-alkyl or cyclic N) is 1. The minimum atomic E-state index is -0.518. The number of carbonyl (C=O) groups is 2. The second-order valence-electron chi connectivity index (χ2n) is 7.53. The molecule has 0 spiro atoms. The maximum atomic E-state index is 12.5. The van der Waals surface area contributed by atoms with Crippen LogP contribution in [0.3, 0.4) is 0 Å². The van der Waals surface area contributed by atoms with Gasteiger partial charge in [-0.1, -0.05) is 25.1 Å². The van der Waals surface area contributed by atoms with Gasteiger partial charge in [-0.05, 0) is 48.8 Å². The summed E-state index contributed by atoms with van der Waals surface area (Å²) in [5.74, 6) is -0.967. The van der Waals surface area contributed by atoms with E-state index >= 15 is 0 Å². The lowest BCUT2D eigenvalue weighted by atomic mass is 9.89. The minimum absolute atomic E-state index is 0.118. The smallest absolute Gasteiger partial charge is 0.311 e. The molecule has 3 rings (SSSR count). The summed E-state index contributed by atoms with van der Waals surface area (Å²) in [5.41, 5.74) is 3.90. The second-order valence-corrected chi connectivity index (χ2v) is 7.53. The zero-order chi connectivity index (χ0) is 19.2. The third kappa shape index (κ3) is 4.87. The maximum absolute atomic E-state index is 12.5. The number of rotatable bonds is 5. The van der Waals surface area contributed by atoms with Crippen molar-refractivity contribution < 1.29 is 14.7 Å². The van der Waals surface area contributed by atoms with Crippen LogP contribution in [0, 0.1) is 0 Å². The van der Waals surface area contributed by atoms with E-state index in [2.05, 4.69) is 28.4 Å². The molecule has 1 aliphatic heterocycles. The van der Waals surface area contributed by atoms with E-state index in [1.54, 1.807) is 4.90 Å². The molecule has 6 heteroatoms. The Hall–Kier alpha value is -1.92. The van der Waals surface area contributed by atoms with Crippen molar-refractivity contribution in [3.63, 3.8) is 0 Å². The molecule has 0 bridgehead atoms. The van der Waals surface area contributed by atoms with Crippen molar-refractivity contribution in [2.24, 2.45) is 0 Å². The van der Waals surface area contributed by atoms with Gasteiger partial charge in [0.1, 0.15) is 0 Å². The number of aliphatic hydroxyl groups is 1. The summed E-state index contributed by atoms with van der Waals surface area (Å²) in [4.78, 5) is 28.8. The molecule has 1 heterocycles. The van der Waals surface area contributed by atoms with E-state index in [0.717, 1.165) is 24.8 Å². The zero-order valence-electron chi connectivity index (χ0n) is 16.2. The highest BCUT2D eigenvalue weighted by molar-refractivity contribution is 6.35. The number of benzene rings is 1. The SMILES string of the molecule is CCC(NC(=O)C(=O)N1CCN(CCO)CC1)c1ccc2c(c1)CCCC2. The quantitative estimate of drug-likeness (QED) is 0.763. The van der Waals surface area contributed by atoms with Crippen LogP contribution >= 0.6 is 0 Å². The lowest BCUT2D eigenvalue weighted by Gasteiger charge is -2.34. The molecule has 1 aliphatic carbocycles. The van der Waals surface area contributed by atoms with E-state index in [-0.39, 0.29) is 12.6 Å². The van der Waals surface area contributed by atoms with Crippen molar-refractivity contribution >= 4 is 11.8 Å². The Morgan fingerprint density at radius 3 is 2.48 bits per heavy atom. The molecule has 1 fully saturated rings. The molecule has 2 amide bonds. The third-order valence-corrected chi connectivity index (χ3v) is 5.76. The van der Waals surface area contributed by atoms with Gasteiger partial charge >= 0.3 is 11.8 Å². The number of fused-ring (bicyclic) bond motifs is 1. The number of aliphatic hydroxyl groups excluding tert-OH is 1. The summed E-state index contributed by atoms with van der Waals surface area (Å²) in [6.07, 6.45) is 5.47. The zero-order valence-corrected chi connectivity index (χ0v) is 16.2. The Kier molecular flexibility index (Phi) is 6.85. The first-order valence-corrected chi connectivity index (χ1v) is 10.2. The highest BCUT2D eigenvalue weighted by Gasteiger charge is 2.27. The first kappa shape index (κ1) is 19.8. The van der Waals surface area contributed by atoms with E-state index in [1.165, 1.54) is 24.0 Å². The molecule has 1 aromatic carbocycles. The molecule has 0 saturated carbocycles. The van der Waals surface area contributed by atoms with Crippen LogP contribution in [0.25, 0.3) is 0 Å². The lowest BCUT2D eigenvalue weighted by Crippen LogP contribution is -2.53. The lowest BCUT2D eigenvalue weighted by molar-refractivity contribution is -0.147. The molecule has 2 aliphatic rings.